The molecule has 1 saturated heterocycles. The van der Waals surface area contributed by atoms with Gasteiger partial charge in [-0.15, -0.1) is 0 Å². The van der Waals surface area contributed by atoms with Crippen molar-refractivity contribution in [1.29, 1.82) is 0 Å². The SMILES string of the molecule is COc1cccc(/C=C2\SC(=O)N(Cc3ccc(Cl)cc3)C2=O)c1OC. The molecule has 0 atom stereocenters. The third-order valence-electron chi connectivity index (χ3n) is 3.85. The fourth-order valence-corrected chi connectivity index (χ4v) is 3.53. The molecule has 0 N–H and O–H groups in total. The first-order chi connectivity index (χ1) is 12.5. The highest BCUT2D eigenvalue weighted by Gasteiger charge is 2.35. The van der Waals surface area contributed by atoms with E-state index in [1.165, 1.54) is 12.0 Å². The number of benzene rings is 2. The smallest absolute Gasteiger partial charge is 0.293 e. The van der Waals surface area contributed by atoms with Crippen LogP contribution in [0.2, 0.25) is 5.02 Å². The van der Waals surface area contributed by atoms with Crippen LogP contribution in [0.15, 0.2) is 47.4 Å². The number of hydrogen-bond acceptors (Lipinski definition) is 5. The Hall–Kier alpha value is -2.44. The van der Waals surface area contributed by atoms with Gasteiger partial charge in [-0.3, -0.25) is 14.5 Å². The molecule has 0 spiro atoms. The summed E-state index contributed by atoms with van der Waals surface area (Å²) in [7, 11) is 3.07. The second kappa shape index (κ2) is 7.85. The highest BCUT2D eigenvalue weighted by atomic mass is 35.5. The first kappa shape index (κ1) is 18.4. The van der Waals surface area contributed by atoms with Crippen LogP contribution in [0, 0.1) is 0 Å². The van der Waals surface area contributed by atoms with Gasteiger partial charge in [0.25, 0.3) is 11.1 Å². The van der Waals surface area contributed by atoms with Gasteiger partial charge in [-0.2, -0.15) is 0 Å². The molecule has 1 aliphatic rings. The molecule has 26 heavy (non-hydrogen) atoms. The van der Waals surface area contributed by atoms with Crippen molar-refractivity contribution < 1.29 is 19.1 Å². The van der Waals surface area contributed by atoms with Gasteiger partial charge < -0.3 is 9.47 Å². The van der Waals surface area contributed by atoms with E-state index in [1.54, 1.807) is 55.7 Å². The molecule has 0 aliphatic carbocycles. The fourth-order valence-electron chi connectivity index (χ4n) is 2.58. The Bertz CT molecular complexity index is 880. The number of ether oxygens (including phenoxy) is 2. The molecular formula is C19H16ClNO4S. The van der Waals surface area contributed by atoms with Crippen LogP contribution in [-0.2, 0) is 11.3 Å². The zero-order chi connectivity index (χ0) is 18.7. The van der Waals surface area contributed by atoms with E-state index in [1.807, 2.05) is 0 Å². The molecule has 0 aromatic heterocycles. The number of methoxy groups -OCH3 is 2. The Labute approximate surface area is 160 Å². The summed E-state index contributed by atoms with van der Waals surface area (Å²) < 4.78 is 10.6. The van der Waals surface area contributed by atoms with Gasteiger partial charge in [0.2, 0.25) is 0 Å². The Morgan fingerprint density at radius 1 is 1.08 bits per heavy atom. The predicted molar refractivity (Wildman–Crippen MR) is 103 cm³/mol. The Morgan fingerprint density at radius 3 is 2.46 bits per heavy atom. The third-order valence-corrected chi connectivity index (χ3v) is 5.01. The quantitative estimate of drug-likeness (QED) is 0.700. The van der Waals surface area contributed by atoms with Crippen LogP contribution in [0.4, 0.5) is 4.79 Å². The number of imide groups is 1. The van der Waals surface area contributed by atoms with E-state index >= 15 is 0 Å². The number of para-hydroxylation sites is 1. The minimum absolute atomic E-state index is 0.203. The van der Waals surface area contributed by atoms with Crippen LogP contribution in [0.1, 0.15) is 11.1 Å². The minimum atomic E-state index is -0.333. The maximum Gasteiger partial charge on any atom is 0.293 e. The summed E-state index contributed by atoms with van der Waals surface area (Å²) in [5.41, 5.74) is 1.50. The van der Waals surface area contributed by atoms with Gasteiger partial charge >= 0.3 is 0 Å². The van der Waals surface area contributed by atoms with Gasteiger partial charge in [-0.25, -0.2) is 0 Å². The lowest BCUT2D eigenvalue weighted by molar-refractivity contribution is -0.123. The van der Waals surface area contributed by atoms with E-state index < -0.39 is 0 Å². The lowest BCUT2D eigenvalue weighted by atomic mass is 10.1. The molecule has 2 aromatic carbocycles. The molecule has 1 fully saturated rings. The second-order valence-corrected chi connectivity index (χ2v) is 6.91. The average Bonchev–Trinajstić information content (AvgIpc) is 2.90. The Kier molecular flexibility index (Phi) is 5.54. The number of halogens is 1. The van der Waals surface area contributed by atoms with Crippen molar-refractivity contribution in [3.63, 3.8) is 0 Å². The van der Waals surface area contributed by atoms with Gasteiger partial charge in [0, 0.05) is 10.6 Å². The maximum atomic E-state index is 12.7. The third kappa shape index (κ3) is 3.71. The van der Waals surface area contributed by atoms with Crippen molar-refractivity contribution in [2.75, 3.05) is 14.2 Å². The van der Waals surface area contributed by atoms with E-state index in [0.29, 0.717) is 27.0 Å². The minimum Gasteiger partial charge on any atom is -0.493 e. The van der Waals surface area contributed by atoms with E-state index in [-0.39, 0.29) is 17.7 Å². The van der Waals surface area contributed by atoms with Crippen LogP contribution in [0.25, 0.3) is 6.08 Å². The number of rotatable bonds is 5. The van der Waals surface area contributed by atoms with Crippen LogP contribution in [-0.4, -0.2) is 30.3 Å². The summed E-state index contributed by atoms with van der Waals surface area (Å²) >= 11 is 6.78. The van der Waals surface area contributed by atoms with Gasteiger partial charge in [0.15, 0.2) is 11.5 Å². The van der Waals surface area contributed by atoms with Crippen LogP contribution < -0.4 is 9.47 Å². The molecule has 3 rings (SSSR count). The molecule has 0 unspecified atom stereocenters. The molecule has 1 aliphatic heterocycles. The van der Waals surface area contributed by atoms with Crippen LogP contribution in [0.5, 0.6) is 11.5 Å². The summed E-state index contributed by atoms with van der Waals surface area (Å²) in [6, 6.07) is 12.4. The van der Waals surface area contributed by atoms with Crippen LogP contribution >= 0.6 is 23.4 Å². The standard InChI is InChI=1S/C19H16ClNO4S/c1-24-15-5-3-4-13(17(15)25-2)10-16-18(22)21(19(23)26-16)11-12-6-8-14(20)9-7-12/h3-10H,11H2,1-2H3/b16-10-. The first-order valence-corrected chi connectivity index (χ1v) is 8.93. The van der Waals surface area contributed by atoms with Crippen molar-refractivity contribution in [3.8, 4) is 11.5 Å². The summed E-state index contributed by atoms with van der Waals surface area (Å²) in [6.07, 6.45) is 1.65. The Morgan fingerprint density at radius 2 is 1.81 bits per heavy atom. The zero-order valence-electron chi connectivity index (χ0n) is 14.2. The first-order valence-electron chi connectivity index (χ1n) is 7.74. The van der Waals surface area contributed by atoms with Crippen molar-refractivity contribution in [3.05, 3.63) is 63.5 Å². The molecule has 2 amide bonds. The van der Waals surface area contributed by atoms with Gasteiger partial charge in [-0.1, -0.05) is 35.9 Å². The van der Waals surface area contributed by atoms with E-state index in [9.17, 15) is 9.59 Å². The predicted octanol–water partition coefficient (Wildman–Crippen LogP) is 4.59. The van der Waals surface area contributed by atoms with Crippen molar-refractivity contribution in [2.24, 2.45) is 0 Å². The molecule has 7 heteroatoms. The molecule has 5 nitrogen and oxygen atoms in total. The number of carbonyl (C=O) groups is 2. The number of thioether (sulfide) groups is 1. The number of amides is 2. The largest absolute Gasteiger partial charge is 0.493 e. The van der Waals surface area contributed by atoms with E-state index in [0.717, 1.165) is 17.3 Å². The molecule has 134 valence electrons. The molecule has 2 aromatic rings. The fraction of sp³-hybridized carbons (Fsp3) is 0.158. The maximum absolute atomic E-state index is 12.7. The average molecular weight is 390 g/mol. The van der Waals surface area contributed by atoms with Crippen molar-refractivity contribution >= 4 is 40.6 Å². The lowest BCUT2D eigenvalue weighted by Gasteiger charge is -2.12. The normalized spacial score (nSPS) is 15.7. The topological polar surface area (TPSA) is 55.8 Å². The molecule has 0 bridgehead atoms. The van der Waals surface area contributed by atoms with Crippen molar-refractivity contribution in [2.45, 2.75) is 6.54 Å². The highest BCUT2D eigenvalue weighted by Crippen LogP contribution is 2.37. The summed E-state index contributed by atoms with van der Waals surface area (Å²) in [6.45, 7) is 0.203. The molecule has 0 radical (unpaired) electrons. The van der Waals surface area contributed by atoms with E-state index in [2.05, 4.69) is 0 Å². The highest BCUT2D eigenvalue weighted by molar-refractivity contribution is 8.18. The molecule has 1 heterocycles. The molecule has 0 saturated carbocycles. The van der Waals surface area contributed by atoms with Crippen LogP contribution in [0.3, 0.4) is 0 Å². The summed E-state index contributed by atoms with van der Waals surface area (Å²) in [5, 5.41) is 0.297. The van der Waals surface area contributed by atoms with E-state index in [4.69, 9.17) is 21.1 Å². The van der Waals surface area contributed by atoms with Gasteiger partial charge in [0.05, 0.1) is 25.7 Å². The number of nitrogens with zero attached hydrogens (tertiary/aromatic N) is 1. The summed E-state index contributed by atoms with van der Waals surface area (Å²) in [5.74, 6) is 0.737. The van der Waals surface area contributed by atoms with Gasteiger partial charge in [0.1, 0.15) is 0 Å². The second-order valence-electron chi connectivity index (χ2n) is 5.48. The molecular weight excluding hydrogens is 374 g/mol. The van der Waals surface area contributed by atoms with Crippen molar-refractivity contribution in [1.82, 2.24) is 4.90 Å². The monoisotopic (exact) mass is 389 g/mol. The lowest BCUT2D eigenvalue weighted by Crippen LogP contribution is -2.27. The number of carbonyl (C=O) groups excluding carboxylic acids is 2. The Balaban J connectivity index is 1.87. The number of hydrogen-bond donors (Lipinski definition) is 0. The zero-order valence-corrected chi connectivity index (χ0v) is 15.8. The summed E-state index contributed by atoms with van der Waals surface area (Å²) in [4.78, 5) is 26.5. The van der Waals surface area contributed by atoms with Gasteiger partial charge in [-0.05, 0) is 41.6 Å².